The van der Waals surface area contributed by atoms with Crippen molar-refractivity contribution in [3.05, 3.63) is 29.8 Å². The Hall–Kier alpha value is -0.448. The van der Waals surface area contributed by atoms with Crippen LogP contribution in [0.3, 0.4) is 0 Å². The molecular formula is C19H31AlN. The molecule has 0 saturated carbocycles. The molecule has 0 bridgehead atoms. The van der Waals surface area contributed by atoms with Crippen LogP contribution in [0.2, 0.25) is 0 Å². The molecule has 21 heavy (non-hydrogen) atoms. The molecule has 1 aliphatic rings. The molecule has 2 rings (SSSR count). The van der Waals surface area contributed by atoms with Crippen LogP contribution in [-0.2, 0) is 6.42 Å². The van der Waals surface area contributed by atoms with E-state index in [0.29, 0.717) is 5.54 Å². The van der Waals surface area contributed by atoms with Gasteiger partial charge in [0.25, 0.3) is 0 Å². The van der Waals surface area contributed by atoms with Crippen molar-refractivity contribution in [2.75, 3.05) is 11.4 Å². The zero-order chi connectivity index (χ0) is 14.8. The minimum absolute atomic E-state index is 0. The molecule has 0 aliphatic carbocycles. The normalized spacial score (nSPS) is 14.5. The lowest BCUT2D eigenvalue weighted by atomic mass is 9.78. The van der Waals surface area contributed by atoms with Gasteiger partial charge in [-0.15, -0.1) is 0 Å². The van der Waals surface area contributed by atoms with Crippen molar-refractivity contribution in [1.29, 1.82) is 0 Å². The highest BCUT2D eigenvalue weighted by atomic mass is 27.0. The van der Waals surface area contributed by atoms with E-state index in [2.05, 4.69) is 63.8 Å². The Balaban J connectivity index is 0.00000220. The van der Waals surface area contributed by atoms with Crippen molar-refractivity contribution in [3.8, 4) is 0 Å². The second kappa shape index (κ2) is 7.71. The Bertz CT molecular complexity index is 429. The summed E-state index contributed by atoms with van der Waals surface area (Å²) in [6, 6.07) is 9.01. The fourth-order valence-corrected chi connectivity index (χ4v) is 4.13. The first-order chi connectivity index (χ1) is 9.48. The van der Waals surface area contributed by atoms with E-state index in [9.17, 15) is 0 Å². The molecule has 1 aromatic rings. The van der Waals surface area contributed by atoms with Crippen molar-refractivity contribution >= 4 is 23.0 Å². The van der Waals surface area contributed by atoms with Gasteiger partial charge in [0.05, 0.1) is 0 Å². The van der Waals surface area contributed by atoms with Gasteiger partial charge in [-0.1, -0.05) is 52.8 Å². The quantitative estimate of drug-likeness (QED) is 0.675. The average molecular weight is 300 g/mol. The smallest absolute Gasteiger partial charge is 0.0404 e. The van der Waals surface area contributed by atoms with Crippen LogP contribution in [0, 0.1) is 11.8 Å². The zero-order valence-electron chi connectivity index (χ0n) is 14.5. The van der Waals surface area contributed by atoms with E-state index >= 15 is 0 Å². The molecule has 1 aliphatic heterocycles. The molecule has 115 valence electrons. The van der Waals surface area contributed by atoms with E-state index in [0.717, 1.165) is 11.8 Å². The van der Waals surface area contributed by atoms with Gasteiger partial charge in [0.15, 0.2) is 0 Å². The van der Waals surface area contributed by atoms with Gasteiger partial charge in [-0.3, -0.25) is 0 Å². The summed E-state index contributed by atoms with van der Waals surface area (Å²) in [5, 5.41) is 0. The summed E-state index contributed by atoms with van der Waals surface area (Å²) >= 11 is 0. The number of para-hydroxylation sites is 1. The number of hydrogen-bond acceptors (Lipinski definition) is 1. The van der Waals surface area contributed by atoms with Gasteiger partial charge in [0, 0.05) is 35.1 Å². The van der Waals surface area contributed by atoms with E-state index in [4.69, 9.17) is 0 Å². The summed E-state index contributed by atoms with van der Waals surface area (Å²) in [6.45, 7) is 13.1. The first-order valence-electron chi connectivity index (χ1n) is 8.34. The molecule has 0 atom stereocenters. The van der Waals surface area contributed by atoms with Crippen molar-refractivity contribution in [2.45, 2.75) is 65.8 Å². The van der Waals surface area contributed by atoms with Crippen molar-refractivity contribution in [3.63, 3.8) is 0 Å². The molecule has 0 unspecified atom stereocenters. The van der Waals surface area contributed by atoms with Crippen molar-refractivity contribution in [1.82, 2.24) is 0 Å². The number of benzene rings is 1. The van der Waals surface area contributed by atoms with E-state index in [-0.39, 0.29) is 17.4 Å². The minimum atomic E-state index is 0. The third-order valence-electron chi connectivity index (χ3n) is 4.69. The van der Waals surface area contributed by atoms with Crippen LogP contribution in [0.15, 0.2) is 24.3 Å². The first-order valence-corrected chi connectivity index (χ1v) is 8.34. The van der Waals surface area contributed by atoms with E-state index in [1.54, 1.807) is 0 Å². The summed E-state index contributed by atoms with van der Waals surface area (Å²) in [7, 11) is 0. The molecule has 3 radical (unpaired) electrons. The van der Waals surface area contributed by atoms with Crippen LogP contribution in [-0.4, -0.2) is 29.4 Å². The second-order valence-electron chi connectivity index (χ2n) is 7.30. The molecule has 1 nitrogen and oxygen atoms in total. The van der Waals surface area contributed by atoms with Crippen LogP contribution in [0.1, 0.15) is 59.4 Å². The predicted octanol–water partition coefficient (Wildman–Crippen LogP) is 4.91. The second-order valence-corrected chi connectivity index (χ2v) is 7.30. The fraction of sp³-hybridized carbons (Fsp3) is 0.684. The average Bonchev–Trinajstić information content (AvgIpc) is 2.81. The van der Waals surface area contributed by atoms with E-state index < -0.39 is 0 Å². The molecule has 2 heteroatoms. The number of nitrogens with zero attached hydrogens (tertiary/aromatic N) is 1. The monoisotopic (exact) mass is 300 g/mol. The van der Waals surface area contributed by atoms with Crippen LogP contribution in [0.5, 0.6) is 0 Å². The maximum absolute atomic E-state index is 2.74. The van der Waals surface area contributed by atoms with Gasteiger partial charge >= 0.3 is 0 Å². The fourth-order valence-electron chi connectivity index (χ4n) is 4.13. The highest BCUT2D eigenvalue weighted by Gasteiger charge is 2.39. The molecular weight excluding hydrogens is 269 g/mol. The zero-order valence-corrected chi connectivity index (χ0v) is 15.7. The highest BCUT2D eigenvalue weighted by molar-refractivity contribution is 5.75. The van der Waals surface area contributed by atoms with Gasteiger partial charge in [-0.25, -0.2) is 0 Å². The van der Waals surface area contributed by atoms with Crippen LogP contribution in [0.25, 0.3) is 0 Å². The first kappa shape index (κ1) is 18.6. The van der Waals surface area contributed by atoms with Gasteiger partial charge in [-0.05, 0) is 49.1 Å². The number of anilines is 1. The topological polar surface area (TPSA) is 3.24 Å². The van der Waals surface area contributed by atoms with Crippen LogP contribution < -0.4 is 4.90 Å². The summed E-state index contributed by atoms with van der Waals surface area (Å²) in [4.78, 5) is 2.74. The van der Waals surface area contributed by atoms with E-state index in [1.165, 1.54) is 43.5 Å². The molecule has 0 spiro atoms. The lowest BCUT2D eigenvalue weighted by molar-refractivity contribution is 0.258. The van der Waals surface area contributed by atoms with Crippen LogP contribution >= 0.6 is 0 Å². The molecule has 0 aromatic heterocycles. The Morgan fingerprint density at radius 3 is 2.14 bits per heavy atom. The largest absolute Gasteiger partial charge is 0.365 e. The van der Waals surface area contributed by atoms with E-state index in [1.807, 2.05) is 0 Å². The summed E-state index contributed by atoms with van der Waals surface area (Å²) in [5.41, 5.74) is 3.38. The molecule has 0 saturated heterocycles. The van der Waals surface area contributed by atoms with Crippen LogP contribution in [0.4, 0.5) is 5.69 Å². The SMILES string of the molecule is CCC(CC(C)C)(CC(C)C)N1CCc2ccccc21.[Al]. The van der Waals surface area contributed by atoms with Crippen molar-refractivity contribution in [2.24, 2.45) is 11.8 Å². The highest BCUT2D eigenvalue weighted by Crippen LogP contribution is 2.41. The molecule has 0 fully saturated rings. The molecule has 1 aromatic carbocycles. The Kier molecular flexibility index (Phi) is 6.83. The number of fused-ring (bicyclic) bond motifs is 1. The molecule has 0 amide bonds. The summed E-state index contributed by atoms with van der Waals surface area (Å²) in [6.07, 6.45) is 5.07. The maximum Gasteiger partial charge on any atom is 0.0404 e. The third kappa shape index (κ3) is 4.05. The number of rotatable bonds is 6. The summed E-state index contributed by atoms with van der Waals surface area (Å²) < 4.78 is 0. The predicted molar refractivity (Wildman–Crippen MR) is 95.2 cm³/mol. The van der Waals surface area contributed by atoms with Crippen molar-refractivity contribution < 1.29 is 0 Å². The van der Waals surface area contributed by atoms with Gasteiger partial charge < -0.3 is 4.90 Å². The van der Waals surface area contributed by atoms with Gasteiger partial charge in [0.2, 0.25) is 0 Å². The standard InChI is InChI=1S/C19H31N.Al/c1-6-19(13-15(2)3,14-16(4)5)20-12-11-17-9-7-8-10-18(17)20;/h7-10,15-16H,6,11-14H2,1-5H3;. The lowest BCUT2D eigenvalue weighted by Gasteiger charge is -2.46. The third-order valence-corrected chi connectivity index (χ3v) is 4.69. The maximum atomic E-state index is 2.74. The minimum Gasteiger partial charge on any atom is -0.365 e. The van der Waals surface area contributed by atoms with Gasteiger partial charge in [0.1, 0.15) is 0 Å². The summed E-state index contributed by atoms with van der Waals surface area (Å²) in [5.74, 6) is 1.50. The molecule has 0 N–H and O–H groups in total. The Morgan fingerprint density at radius 2 is 1.62 bits per heavy atom. The van der Waals surface area contributed by atoms with Gasteiger partial charge in [-0.2, -0.15) is 0 Å². The Labute approximate surface area is 142 Å². The molecule has 1 heterocycles. The Morgan fingerprint density at radius 1 is 1.05 bits per heavy atom. The lowest BCUT2D eigenvalue weighted by Crippen LogP contribution is -2.49. The number of hydrogen-bond donors (Lipinski definition) is 0.